The van der Waals surface area contributed by atoms with Crippen molar-refractivity contribution in [3.63, 3.8) is 0 Å². The number of carbonyl (C=O) groups excluding carboxylic acids is 2. The molecule has 2 aliphatic carbocycles. The molecule has 5 rings (SSSR count). The van der Waals surface area contributed by atoms with Crippen LogP contribution in [0.15, 0.2) is 12.1 Å². The second-order valence-corrected chi connectivity index (χ2v) is 14.9. The maximum absolute atomic E-state index is 14.3. The summed E-state index contributed by atoms with van der Waals surface area (Å²) in [6, 6.07) is 2.72. The zero-order valence-corrected chi connectivity index (χ0v) is 25.2. The lowest BCUT2D eigenvalue weighted by Crippen LogP contribution is -3.10. The van der Waals surface area contributed by atoms with Crippen LogP contribution >= 0.6 is 21.8 Å². The fraction of sp³-hybridized carbons (Fsp3) is 0.700. The molecular formula is C30H45N2O4S2+. The van der Waals surface area contributed by atoms with E-state index in [4.69, 9.17) is 9.47 Å². The van der Waals surface area contributed by atoms with Gasteiger partial charge in [-0.15, -0.1) is 11.3 Å². The van der Waals surface area contributed by atoms with Gasteiger partial charge in [-0.3, -0.25) is 4.79 Å². The summed E-state index contributed by atoms with van der Waals surface area (Å²) in [7, 11) is 1.48. The van der Waals surface area contributed by atoms with E-state index in [1.807, 2.05) is 13.8 Å². The number of hydrogen-bond acceptors (Lipinski definition) is 6. The Morgan fingerprint density at radius 2 is 1.89 bits per heavy atom. The molecule has 1 N–H and O–H groups in total. The Bertz CT molecular complexity index is 1090. The molecule has 6 nitrogen and oxygen atoms in total. The molecular weight excluding hydrogens is 516 g/mol. The van der Waals surface area contributed by atoms with Gasteiger partial charge in [0.25, 0.3) is 0 Å². The van der Waals surface area contributed by atoms with Gasteiger partial charge in [-0.2, -0.15) is 0 Å². The number of ether oxygens (including phenoxy) is 2. The van der Waals surface area contributed by atoms with E-state index >= 15 is 0 Å². The summed E-state index contributed by atoms with van der Waals surface area (Å²) in [6.45, 7) is 8.27. The molecule has 1 atom stereocenters. The predicted octanol–water partition coefficient (Wildman–Crippen LogP) is 6.09. The van der Waals surface area contributed by atoms with Crippen molar-refractivity contribution in [2.45, 2.75) is 97.1 Å². The van der Waals surface area contributed by atoms with Crippen LogP contribution < -0.4 is 9.80 Å². The number of rotatable bonds is 6. The van der Waals surface area contributed by atoms with Crippen molar-refractivity contribution in [1.82, 2.24) is 0 Å². The van der Waals surface area contributed by atoms with Crippen molar-refractivity contribution in [1.29, 1.82) is 0 Å². The van der Waals surface area contributed by atoms with E-state index in [1.54, 1.807) is 16.2 Å². The maximum atomic E-state index is 14.3. The van der Waals surface area contributed by atoms with Crippen LogP contribution in [0.5, 0.6) is 0 Å². The van der Waals surface area contributed by atoms with Crippen LogP contribution in [0.4, 0.5) is 10.5 Å². The van der Waals surface area contributed by atoms with Crippen LogP contribution in [-0.2, 0) is 9.47 Å². The van der Waals surface area contributed by atoms with Crippen LogP contribution in [-0.4, -0.2) is 54.5 Å². The van der Waals surface area contributed by atoms with Crippen LogP contribution in [0.3, 0.4) is 0 Å². The molecule has 1 saturated carbocycles. The molecule has 38 heavy (non-hydrogen) atoms. The Labute approximate surface area is 234 Å². The lowest BCUT2D eigenvalue weighted by Gasteiger charge is -2.45. The van der Waals surface area contributed by atoms with Gasteiger partial charge in [-0.1, -0.05) is 36.3 Å². The number of thiophene rings is 1. The molecule has 0 amide bonds. The van der Waals surface area contributed by atoms with Crippen molar-refractivity contribution in [3.05, 3.63) is 21.9 Å². The Hall–Kier alpha value is -1.64. The summed E-state index contributed by atoms with van der Waals surface area (Å²) >= 11 is 1.67. The Balaban J connectivity index is 1.57. The monoisotopic (exact) mass is 561 g/mol. The zero-order chi connectivity index (χ0) is 26.8. The average molecular weight is 562 g/mol. The van der Waals surface area contributed by atoms with Gasteiger partial charge < -0.3 is 19.3 Å². The molecule has 0 aromatic carbocycles. The number of anilines is 1. The molecule has 210 valence electrons. The van der Waals surface area contributed by atoms with Gasteiger partial charge in [0.15, 0.2) is 0 Å². The number of fused-ring (bicyclic) bond motifs is 1. The summed E-state index contributed by atoms with van der Waals surface area (Å²) in [4.78, 5) is 34.3. The molecule has 1 unspecified atom stereocenters. The Morgan fingerprint density at radius 3 is 2.55 bits per heavy atom. The minimum Gasteiger partial charge on any atom is -0.432 e. The minimum atomic E-state index is -0.800. The normalized spacial score (nSPS) is 30.2. The van der Waals surface area contributed by atoms with Crippen molar-refractivity contribution in [3.8, 4) is 0 Å². The zero-order valence-electron chi connectivity index (χ0n) is 23.6. The maximum Gasteiger partial charge on any atom is 0.509 e. The van der Waals surface area contributed by atoms with Gasteiger partial charge in [0.05, 0.1) is 36.9 Å². The molecule has 8 heteroatoms. The van der Waals surface area contributed by atoms with Gasteiger partial charge in [0, 0.05) is 29.7 Å². The highest BCUT2D eigenvalue weighted by atomic mass is 32.2. The van der Waals surface area contributed by atoms with Gasteiger partial charge in [-0.05, 0) is 69.9 Å². The number of carbonyl (C=O) groups is 2. The largest absolute Gasteiger partial charge is 0.509 e. The number of nitrogens with one attached hydrogen (secondary N) is 1. The van der Waals surface area contributed by atoms with E-state index in [-0.39, 0.29) is 17.2 Å². The molecule has 0 bridgehead atoms. The Morgan fingerprint density at radius 1 is 1.16 bits per heavy atom. The number of nitrogens with zero attached hydrogens (tertiary/aromatic N) is 1. The quantitative estimate of drug-likeness (QED) is 0.337. The molecule has 0 spiro atoms. The standard InChI is InChI=1S/C30H44N2O4S2/c1-20(2)36-30(34)35-19-38-28(23-12-10-21(3)11-13-23)32(24-14-16-31(4)17-15-24)25-18-26(37-27(25)29(38)33)22-8-6-5-7-9-22/h8,18,20-21,23-24H,5-7,9-17,19H2,1-4H3/p+1. The van der Waals surface area contributed by atoms with E-state index in [0.717, 1.165) is 68.1 Å². The summed E-state index contributed by atoms with van der Waals surface area (Å²) in [5.74, 6) is 1.18. The molecule has 4 aliphatic rings. The van der Waals surface area contributed by atoms with Crippen LogP contribution in [0, 0.1) is 11.8 Å². The highest BCUT2D eigenvalue weighted by molar-refractivity contribution is 8.29. The van der Waals surface area contributed by atoms with Gasteiger partial charge in [0.1, 0.15) is 10.8 Å². The van der Waals surface area contributed by atoms with Crippen molar-refractivity contribution < 1.29 is 24.0 Å². The molecule has 2 aliphatic heterocycles. The summed E-state index contributed by atoms with van der Waals surface area (Å²) in [5, 5.41) is 0.161. The lowest BCUT2D eigenvalue weighted by atomic mass is 9.82. The first-order valence-electron chi connectivity index (χ1n) is 14.7. The van der Waals surface area contributed by atoms with Crippen LogP contribution in [0.1, 0.15) is 99.5 Å². The van der Waals surface area contributed by atoms with Crippen molar-refractivity contribution in [2.75, 3.05) is 31.0 Å². The third-order valence-electron chi connectivity index (χ3n) is 8.64. The fourth-order valence-electron chi connectivity index (χ4n) is 6.45. The number of hydrogen-bond donors (Lipinski definition) is 1. The highest BCUT2D eigenvalue weighted by Crippen LogP contribution is 2.48. The molecule has 3 heterocycles. The number of allylic oxidation sites excluding steroid dienone is 2. The first-order valence-corrected chi connectivity index (χ1v) is 16.9. The first kappa shape index (κ1) is 27.9. The number of likely N-dealkylation sites (tertiary alicyclic amines) is 1. The minimum absolute atomic E-state index is 0.0928. The molecule has 1 aromatic rings. The molecule has 1 saturated heterocycles. The smallest absolute Gasteiger partial charge is 0.432 e. The molecule has 1 aromatic heterocycles. The third-order valence-corrected chi connectivity index (χ3v) is 12.0. The van der Waals surface area contributed by atoms with Crippen molar-refractivity contribution in [2.24, 2.45) is 11.8 Å². The number of piperidine rings is 1. The predicted molar refractivity (Wildman–Crippen MR) is 159 cm³/mol. The first-order chi connectivity index (χ1) is 18.3. The fourth-order valence-corrected chi connectivity index (χ4v) is 10.0. The van der Waals surface area contributed by atoms with Gasteiger partial charge in [-0.25, -0.2) is 4.79 Å². The molecule has 0 radical (unpaired) electrons. The van der Waals surface area contributed by atoms with E-state index < -0.39 is 16.6 Å². The second kappa shape index (κ2) is 12.3. The summed E-state index contributed by atoms with van der Waals surface area (Å²) < 4.78 is 10.9. The third kappa shape index (κ3) is 6.07. The van der Waals surface area contributed by atoms with E-state index in [9.17, 15) is 9.59 Å². The topological polar surface area (TPSA) is 60.3 Å². The van der Waals surface area contributed by atoms with E-state index in [1.165, 1.54) is 41.1 Å². The highest BCUT2D eigenvalue weighted by Gasteiger charge is 2.42. The SMILES string of the molecule is CC1CCC(C2=S(COC(=O)OC(C)C)C(=O)c3sc(C4=CCCCC4)cc3N2C2CC[NH+](C)CC2)CC1. The number of quaternary nitrogens is 1. The van der Waals surface area contributed by atoms with Crippen molar-refractivity contribution >= 4 is 49.3 Å². The van der Waals surface area contributed by atoms with Crippen LogP contribution in [0.25, 0.3) is 5.57 Å². The van der Waals surface area contributed by atoms with E-state index in [0.29, 0.717) is 12.0 Å². The average Bonchev–Trinajstić information content (AvgIpc) is 3.35. The second-order valence-electron chi connectivity index (χ2n) is 12.0. The van der Waals surface area contributed by atoms with Gasteiger partial charge in [0.2, 0.25) is 5.12 Å². The lowest BCUT2D eigenvalue weighted by molar-refractivity contribution is -0.884. The summed E-state index contributed by atoms with van der Waals surface area (Å²) in [5.41, 5.74) is 2.54. The Kier molecular flexibility index (Phi) is 9.00. The van der Waals surface area contributed by atoms with Gasteiger partial charge >= 0.3 is 6.16 Å². The molecule has 2 fully saturated rings. The summed E-state index contributed by atoms with van der Waals surface area (Å²) in [6.07, 6.45) is 13.0. The van der Waals surface area contributed by atoms with Crippen LogP contribution in [0.2, 0.25) is 0 Å². The van der Waals surface area contributed by atoms with E-state index in [2.05, 4.69) is 31.0 Å².